The molecule has 15 heteroatoms. The van der Waals surface area contributed by atoms with E-state index in [1.165, 1.54) is 0 Å². The van der Waals surface area contributed by atoms with Crippen LogP contribution < -0.4 is 26.8 Å². The number of alkyl halides is 6. The lowest BCUT2D eigenvalue weighted by molar-refractivity contribution is -0.122. The van der Waals surface area contributed by atoms with Gasteiger partial charge in [0.05, 0.1) is 0 Å². The molecule has 36 heavy (non-hydrogen) atoms. The van der Waals surface area contributed by atoms with E-state index in [9.17, 15) is 26.3 Å². The maximum Gasteiger partial charge on any atom is 0.405 e. The highest BCUT2D eigenvalue weighted by Crippen LogP contribution is 2.15. The first-order valence-corrected chi connectivity index (χ1v) is 10.9. The fraction of sp³-hybridized carbons (Fsp3) is 0.238. The molecule has 0 radical (unpaired) electrons. The lowest BCUT2D eigenvalue weighted by Gasteiger charge is -2.15. The molecular weight excluding hydrogens is 528 g/mol. The van der Waals surface area contributed by atoms with Gasteiger partial charge in [0, 0.05) is 23.9 Å². The van der Waals surface area contributed by atoms with Gasteiger partial charge in [-0.15, -0.1) is 0 Å². The lowest BCUT2D eigenvalue weighted by atomic mass is 9.99. The van der Waals surface area contributed by atoms with Crippen LogP contribution in [0.5, 0.6) is 0 Å². The van der Waals surface area contributed by atoms with Gasteiger partial charge in [-0.1, -0.05) is 42.5 Å². The van der Waals surface area contributed by atoms with Gasteiger partial charge in [-0.2, -0.15) is 36.5 Å². The summed E-state index contributed by atoms with van der Waals surface area (Å²) >= 11 is 9.75. The van der Waals surface area contributed by atoms with E-state index in [0.717, 1.165) is 5.69 Å². The van der Waals surface area contributed by atoms with E-state index in [4.69, 9.17) is 24.4 Å². The van der Waals surface area contributed by atoms with Crippen LogP contribution >= 0.6 is 24.4 Å². The zero-order valence-electron chi connectivity index (χ0n) is 18.6. The summed E-state index contributed by atoms with van der Waals surface area (Å²) < 4.78 is 75.0. The molecule has 0 fully saturated rings. The largest absolute Gasteiger partial charge is 0.405 e. The Hall–Kier alpha value is -3.46. The number of thiocarbonyl (C=S) groups is 2. The van der Waals surface area contributed by atoms with E-state index in [1.807, 2.05) is 10.6 Å². The highest BCUT2D eigenvalue weighted by atomic mass is 32.1. The topological polar surface area (TPSA) is 84.9 Å². The van der Waals surface area contributed by atoms with E-state index in [0.29, 0.717) is 11.1 Å². The second-order valence-electron chi connectivity index (χ2n) is 6.93. The van der Waals surface area contributed by atoms with Crippen LogP contribution in [-0.2, 0) is 0 Å². The zero-order valence-corrected chi connectivity index (χ0v) is 20.2. The van der Waals surface area contributed by atoms with Crippen molar-refractivity contribution in [2.24, 2.45) is 10.2 Å². The van der Waals surface area contributed by atoms with Gasteiger partial charge in [0.15, 0.2) is 10.2 Å². The molecule has 0 amide bonds. The highest BCUT2D eigenvalue weighted by Gasteiger charge is 2.28. The SMILES string of the molecule is CNc1ccc(C(=N\NC(=S)NCC(F)(F)F)/C(=N/NC(=S)NCC(F)(F)F)c2ccccc2)cc1. The Morgan fingerprint density at radius 3 is 1.50 bits per heavy atom. The van der Waals surface area contributed by atoms with E-state index in [1.54, 1.807) is 61.6 Å². The molecule has 0 spiro atoms. The van der Waals surface area contributed by atoms with Gasteiger partial charge in [-0.3, -0.25) is 10.9 Å². The van der Waals surface area contributed by atoms with E-state index < -0.39 is 35.7 Å². The van der Waals surface area contributed by atoms with Crippen molar-refractivity contribution in [2.75, 3.05) is 25.5 Å². The summed E-state index contributed by atoms with van der Waals surface area (Å²) in [6.07, 6.45) is -9.00. The Morgan fingerprint density at radius 1 is 0.694 bits per heavy atom. The van der Waals surface area contributed by atoms with Crippen molar-refractivity contribution in [3.8, 4) is 0 Å². The monoisotopic (exact) mass is 549 g/mol. The van der Waals surface area contributed by atoms with E-state index >= 15 is 0 Å². The molecule has 0 aliphatic carbocycles. The van der Waals surface area contributed by atoms with Crippen LogP contribution in [-0.4, -0.2) is 54.1 Å². The number of rotatable bonds is 8. The number of nitrogens with zero attached hydrogens (tertiary/aromatic N) is 2. The van der Waals surface area contributed by atoms with Gasteiger partial charge in [0.25, 0.3) is 0 Å². The molecule has 0 heterocycles. The molecule has 0 aliphatic heterocycles. The molecule has 0 atom stereocenters. The minimum absolute atomic E-state index is 0.117. The molecule has 194 valence electrons. The number of benzene rings is 2. The second kappa shape index (κ2) is 13.0. The second-order valence-corrected chi connectivity index (χ2v) is 7.75. The minimum Gasteiger partial charge on any atom is -0.388 e. The average molecular weight is 550 g/mol. The number of hydrogen-bond donors (Lipinski definition) is 5. The normalized spacial score (nSPS) is 12.5. The molecule has 2 aromatic rings. The van der Waals surface area contributed by atoms with Crippen molar-refractivity contribution < 1.29 is 26.3 Å². The van der Waals surface area contributed by atoms with Gasteiger partial charge < -0.3 is 16.0 Å². The summed E-state index contributed by atoms with van der Waals surface area (Å²) in [7, 11) is 1.71. The number of halogens is 6. The first-order chi connectivity index (χ1) is 16.9. The van der Waals surface area contributed by atoms with Crippen molar-refractivity contribution in [3.63, 3.8) is 0 Å². The molecule has 0 saturated carbocycles. The predicted octanol–water partition coefficient (Wildman–Crippen LogP) is 3.89. The molecule has 0 saturated heterocycles. The Kier molecular flexibility index (Phi) is 10.4. The van der Waals surface area contributed by atoms with Crippen LogP contribution in [0.2, 0.25) is 0 Å². The number of anilines is 1. The third-order valence-corrected chi connectivity index (χ3v) is 4.63. The Bertz CT molecular complexity index is 1080. The minimum atomic E-state index is -4.50. The summed E-state index contributed by atoms with van der Waals surface area (Å²) in [4.78, 5) is 0. The summed E-state index contributed by atoms with van der Waals surface area (Å²) in [6, 6.07) is 15.2. The van der Waals surface area contributed by atoms with Crippen LogP contribution in [0.25, 0.3) is 0 Å². The Labute approximate surface area is 213 Å². The number of hydrogen-bond acceptors (Lipinski definition) is 5. The average Bonchev–Trinajstić information content (AvgIpc) is 2.83. The van der Waals surface area contributed by atoms with Crippen LogP contribution in [0, 0.1) is 0 Å². The maximum absolute atomic E-state index is 12.5. The van der Waals surface area contributed by atoms with Gasteiger partial charge in [0.1, 0.15) is 24.5 Å². The fourth-order valence-corrected chi connectivity index (χ4v) is 2.79. The molecule has 0 bridgehead atoms. The van der Waals surface area contributed by atoms with Crippen molar-refractivity contribution in [3.05, 3.63) is 65.7 Å². The van der Waals surface area contributed by atoms with Crippen LogP contribution in [0.15, 0.2) is 64.8 Å². The molecule has 5 N–H and O–H groups in total. The first kappa shape index (κ1) is 28.8. The predicted molar refractivity (Wildman–Crippen MR) is 135 cm³/mol. The Balaban J connectivity index is 2.44. The van der Waals surface area contributed by atoms with Gasteiger partial charge in [-0.05, 0) is 36.6 Å². The molecule has 0 aromatic heterocycles. The molecule has 0 unspecified atom stereocenters. The summed E-state index contributed by atoms with van der Waals surface area (Å²) in [5.41, 5.74) is 6.66. The zero-order chi connectivity index (χ0) is 26.8. The van der Waals surface area contributed by atoms with Gasteiger partial charge >= 0.3 is 12.4 Å². The van der Waals surface area contributed by atoms with Crippen molar-refractivity contribution >= 4 is 51.8 Å². The third kappa shape index (κ3) is 10.4. The van der Waals surface area contributed by atoms with E-state index in [2.05, 4.69) is 26.4 Å². The molecule has 2 aromatic carbocycles. The Morgan fingerprint density at radius 2 is 1.11 bits per heavy atom. The first-order valence-electron chi connectivity index (χ1n) is 10.1. The molecule has 0 aliphatic rings. The quantitative estimate of drug-likeness (QED) is 0.148. The van der Waals surface area contributed by atoms with Crippen LogP contribution in [0.1, 0.15) is 11.1 Å². The number of nitrogens with one attached hydrogen (secondary N) is 5. The molecular formula is C21H21F6N7S2. The number of hydrazone groups is 2. The van der Waals surface area contributed by atoms with Crippen molar-refractivity contribution in [2.45, 2.75) is 12.4 Å². The highest BCUT2D eigenvalue weighted by molar-refractivity contribution is 7.80. The van der Waals surface area contributed by atoms with E-state index in [-0.39, 0.29) is 11.4 Å². The molecule has 7 nitrogen and oxygen atoms in total. The van der Waals surface area contributed by atoms with Crippen LogP contribution in [0.3, 0.4) is 0 Å². The smallest absolute Gasteiger partial charge is 0.388 e. The van der Waals surface area contributed by atoms with Crippen LogP contribution in [0.4, 0.5) is 32.0 Å². The molecule has 2 rings (SSSR count). The van der Waals surface area contributed by atoms with Crippen molar-refractivity contribution in [1.29, 1.82) is 0 Å². The fourth-order valence-electron chi connectivity index (χ4n) is 2.55. The maximum atomic E-state index is 12.5. The van der Waals surface area contributed by atoms with Gasteiger partial charge in [-0.25, -0.2) is 0 Å². The van der Waals surface area contributed by atoms with Gasteiger partial charge in [0.2, 0.25) is 0 Å². The van der Waals surface area contributed by atoms with Crippen molar-refractivity contribution in [1.82, 2.24) is 21.5 Å². The summed E-state index contributed by atoms with van der Waals surface area (Å²) in [6.45, 7) is -2.75. The third-order valence-electron chi connectivity index (χ3n) is 4.16. The summed E-state index contributed by atoms with van der Waals surface area (Å²) in [5.74, 6) is 0. The lowest BCUT2D eigenvalue weighted by Crippen LogP contribution is -2.40. The standard InChI is InChI=1S/C21H21F6N7S2/c1-28-15-9-7-14(8-10-15)17(32-34-19(36)30-12-21(25,26)27)16(13-5-3-2-4-6-13)31-33-18(35)29-11-20(22,23)24/h2-10,28H,11-12H2,1H3,(H2,29,33,35)(H2,30,34,36)/b31-16+,32-17+. The summed E-state index contributed by atoms with van der Waals surface area (Å²) in [5, 5.41) is 14.4.